The van der Waals surface area contributed by atoms with Crippen LogP contribution < -0.4 is 9.80 Å². The minimum absolute atomic E-state index is 0.159. The van der Waals surface area contributed by atoms with Crippen LogP contribution in [0.5, 0.6) is 0 Å². The molecule has 0 saturated carbocycles. The summed E-state index contributed by atoms with van der Waals surface area (Å²) in [7, 11) is 0. The van der Waals surface area contributed by atoms with E-state index in [2.05, 4.69) is 217 Å². The number of fused-ring (bicyclic) bond motifs is 7. The molecule has 0 spiro atoms. The van der Waals surface area contributed by atoms with Gasteiger partial charge in [-0.3, -0.25) is 4.98 Å². The van der Waals surface area contributed by atoms with Crippen LogP contribution in [0.4, 0.5) is 34.1 Å². The van der Waals surface area contributed by atoms with E-state index in [0.29, 0.717) is 0 Å². The number of hydrogen-bond donors (Lipinski definition) is 0. The molecule has 4 nitrogen and oxygen atoms in total. The Morgan fingerprint density at radius 2 is 1.09 bits per heavy atom. The largest absolute Gasteiger partial charge is 0.311 e. The third-order valence-electron chi connectivity index (χ3n) is 12.6. The zero-order valence-corrected chi connectivity index (χ0v) is 32.6. The van der Waals surface area contributed by atoms with Crippen LogP contribution in [0.15, 0.2) is 182 Å². The SMILES string of the molecule is CC1(C)c2ccccc2N(c2ccc3c(c2)c2cccc4c2n3-c2ccncc2C4(C)C)c2ccc(-c3ccc(N(c4ccccc4)c4ccccc4)cc3)cc21. The fourth-order valence-corrected chi connectivity index (χ4v) is 9.72. The lowest BCUT2D eigenvalue weighted by Crippen LogP contribution is -2.30. The Morgan fingerprint density at radius 1 is 0.456 bits per heavy atom. The molecule has 4 heteroatoms. The summed E-state index contributed by atoms with van der Waals surface area (Å²) in [6, 6.07) is 62.2. The van der Waals surface area contributed by atoms with E-state index in [4.69, 9.17) is 0 Å². The van der Waals surface area contributed by atoms with Gasteiger partial charge in [-0.05, 0) is 107 Å². The topological polar surface area (TPSA) is 24.3 Å². The van der Waals surface area contributed by atoms with Gasteiger partial charge in [0.2, 0.25) is 0 Å². The molecular weight excluding hydrogens is 693 g/mol. The van der Waals surface area contributed by atoms with E-state index in [1.54, 1.807) is 0 Å². The van der Waals surface area contributed by atoms with Crippen LogP contribution in [0.3, 0.4) is 0 Å². The molecule has 7 aromatic carbocycles. The Hall–Kier alpha value is -6.91. The molecule has 57 heavy (non-hydrogen) atoms. The van der Waals surface area contributed by atoms with Crippen molar-refractivity contribution in [2.75, 3.05) is 9.80 Å². The van der Waals surface area contributed by atoms with Crippen molar-refractivity contribution in [1.82, 2.24) is 9.55 Å². The summed E-state index contributed by atoms with van der Waals surface area (Å²) in [4.78, 5) is 9.35. The van der Waals surface area contributed by atoms with Gasteiger partial charge < -0.3 is 14.4 Å². The molecule has 0 bridgehead atoms. The second-order valence-corrected chi connectivity index (χ2v) is 16.5. The van der Waals surface area contributed by atoms with Gasteiger partial charge in [-0.1, -0.05) is 119 Å². The first-order chi connectivity index (χ1) is 27.8. The lowest BCUT2D eigenvalue weighted by atomic mass is 9.73. The van der Waals surface area contributed by atoms with E-state index in [0.717, 1.165) is 22.7 Å². The van der Waals surface area contributed by atoms with Crippen LogP contribution in [-0.2, 0) is 10.8 Å². The van der Waals surface area contributed by atoms with E-state index in [9.17, 15) is 0 Å². The average molecular weight is 735 g/mol. The van der Waals surface area contributed by atoms with Gasteiger partial charge >= 0.3 is 0 Å². The van der Waals surface area contributed by atoms with Crippen molar-refractivity contribution < 1.29 is 0 Å². The second-order valence-electron chi connectivity index (χ2n) is 16.5. The van der Waals surface area contributed by atoms with Crippen LogP contribution >= 0.6 is 0 Å². The Balaban J connectivity index is 1.04. The number of hydrogen-bond acceptors (Lipinski definition) is 3. The van der Waals surface area contributed by atoms with Crippen molar-refractivity contribution >= 4 is 55.9 Å². The van der Waals surface area contributed by atoms with E-state index < -0.39 is 0 Å². The first kappa shape index (κ1) is 33.4. The van der Waals surface area contributed by atoms with Crippen molar-refractivity contribution in [1.29, 1.82) is 0 Å². The molecule has 0 unspecified atom stereocenters. The summed E-state index contributed by atoms with van der Waals surface area (Å²) in [6.07, 6.45) is 3.97. The third kappa shape index (κ3) is 4.90. The van der Waals surface area contributed by atoms with Crippen LogP contribution in [0.25, 0.3) is 38.6 Å². The molecule has 0 fully saturated rings. The smallest absolute Gasteiger partial charge is 0.0582 e. The average Bonchev–Trinajstić information content (AvgIpc) is 3.58. The molecule has 0 amide bonds. The van der Waals surface area contributed by atoms with Gasteiger partial charge in [0.25, 0.3) is 0 Å². The van der Waals surface area contributed by atoms with Crippen molar-refractivity contribution in [2.45, 2.75) is 38.5 Å². The first-order valence-electron chi connectivity index (χ1n) is 19.9. The predicted octanol–water partition coefficient (Wildman–Crippen LogP) is 14.1. The summed E-state index contributed by atoms with van der Waals surface area (Å²) in [5, 5.41) is 2.54. The van der Waals surface area contributed by atoms with E-state index in [1.165, 1.54) is 72.2 Å². The summed E-state index contributed by atoms with van der Waals surface area (Å²) >= 11 is 0. The zero-order valence-electron chi connectivity index (χ0n) is 32.6. The number of aromatic nitrogens is 2. The van der Waals surface area contributed by atoms with E-state index in [1.807, 2.05) is 12.4 Å². The first-order valence-corrected chi connectivity index (χ1v) is 19.9. The van der Waals surface area contributed by atoms with Gasteiger partial charge in [-0.25, -0.2) is 0 Å². The predicted molar refractivity (Wildman–Crippen MR) is 238 cm³/mol. The Bertz CT molecular complexity index is 2970. The maximum atomic E-state index is 4.56. The molecule has 11 rings (SSSR count). The van der Waals surface area contributed by atoms with Crippen LogP contribution in [-0.4, -0.2) is 9.55 Å². The third-order valence-corrected chi connectivity index (χ3v) is 12.6. The molecule has 4 heterocycles. The maximum absolute atomic E-state index is 4.56. The van der Waals surface area contributed by atoms with Crippen molar-refractivity contribution in [3.63, 3.8) is 0 Å². The molecule has 2 aliphatic heterocycles. The molecule has 0 radical (unpaired) electrons. The highest BCUT2D eigenvalue weighted by atomic mass is 15.2. The lowest BCUT2D eigenvalue weighted by Gasteiger charge is -2.42. The highest BCUT2D eigenvalue weighted by Gasteiger charge is 2.38. The minimum atomic E-state index is -0.215. The second kappa shape index (κ2) is 12.3. The van der Waals surface area contributed by atoms with Crippen LogP contribution in [0.1, 0.15) is 49.9 Å². The quantitative estimate of drug-likeness (QED) is 0.176. The van der Waals surface area contributed by atoms with Gasteiger partial charge in [0.1, 0.15) is 0 Å². The Labute approximate surface area is 333 Å². The molecule has 2 aliphatic rings. The highest BCUT2D eigenvalue weighted by molar-refractivity contribution is 6.13. The normalized spacial score (nSPS) is 14.6. The van der Waals surface area contributed by atoms with Gasteiger partial charge in [-0.2, -0.15) is 0 Å². The Kier molecular flexibility index (Phi) is 7.21. The number of pyridine rings is 1. The molecular formula is C53H42N4. The van der Waals surface area contributed by atoms with Crippen LogP contribution in [0.2, 0.25) is 0 Å². The number of para-hydroxylation sites is 4. The van der Waals surface area contributed by atoms with Crippen LogP contribution in [0, 0.1) is 0 Å². The number of nitrogens with zero attached hydrogens (tertiary/aromatic N) is 4. The molecule has 2 aromatic heterocycles. The molecule has 0 saturated heterocycles. The monoisotopic (exact) mass is 734 g/mol. The summed E-state index contributed by atoms with van der Waals surface area (Å²) in [5.74, 6) is 0. The van der Waals surface area contributed by atoms with E-state index in [-0.39, 0.29) is 10.8 Å². The van der Waals surface area contributed by atoms with Gasteiger partial charge in [0, 0.05) is 62.3 Å². The van der Waals surface area contributed by atoms with Crippen molar-refractivity contribution in [3.05, 3.63) is 205 Å². The van der Waals surface area contributed by atoms with Crippen molar-refractivity contribution in [3.8, 4) is 16.8 Å². The standard InChI is InChI=1S/C53H42N4/c1-52(2)43-19-11-12-21-48(43)56(40-27-29-47-42(33-40)41-18-13-20-44-51(41)57(47)50-30-31-54-34-46(50)53(44,3)4)49-28-24-36(32-45(49)52)35-22-25-39(26-23-35)55(37-14-7-5-8-15-37)38-16-9-6-10-17-38/h5-34H,1-4H3. The fourth-order valence-electron chi connectivity index (χ4n) is 9.72. The number of anilines is 6. The minimum Gasteiger partial charge on any atom is -0.311 e. The number of benzene rings is 7. The molecule has 0 atom stereocenters. The molecule has 0 aliphatic carbocycles. The highest BCUT2D eigenvalue weighted by Crippen LogP contribution is 2.54. The lowest BCUT2D eigenvalue weighted by molar-refractivity contribution is 0.626. The number of rotatable bonds is 5. The van der Waals surface area contributed by atoms with E-state index >= 15 is 0 Å². The van der Waals surface area contributed by atoms with Gasteiger partial charge in [-0.15, -0.1) is 0 Å². The summed E-state index contributed by atoms with van der Waals surface area (Å²) in [5.41, 5.74) is 17.9. The van der Waals surface area contributed by atoms with Crippen molar-refractivity contribution in [2.24, 2.45) is 0 Å². The maximum Gasteiger partial charge on any atom is 0.0582 e. The molecule has 9 aromatic rings. The summed E-state index contributed by atoms with van der Waals surface area (Å²) in [6.45, 7) is 9.39. The fraction of sp³-hybridized carbons (Fsp3) is 0.113. The zero-order chi connectivity index (χ0) is 38.5. The van der Waals surface area contributed by atoms with Gasteiger partial charge in [0.15, 0.2) is 0 Å². The summed E-state index contributed by atoms with van der Waals surface area (Å²) < 4.78 is 2.46. The Morgan fingerprint density at radius 3 is 1.84 bits per heavy atom. The molecule has 0 N–H and O–H groups in total. The molecule has 274 valence electrons. The van der Waals surface area contributed by atoms with Gasteiger partial charge in [0.05, 0.1) is 28.1 Å².